The number of likely N-dealkylation sites (N-methyl/N-ethyl adjacent to an activating group) is 1. The van der Waals surface area contributed by atoms with E-state index in [2.05, 4.69) is 4.90 Å². The molecule has 0 aliphatic carbocycles. The number of anilines is 1. The zero-order valence-corrected chi connectivity index (χ0v) is 14.6. The molecule has 0 aromatic heterocycles. The number of amides is 1. The first-order valence-electron chi connectivity index (χ1n) is 8.55. The first-order valence-corrected chi connectivity index (χ1v) is 8.55. The van der Waals surface area contributed by atoms with Crippen LogP contribution in [0, 0.1) is 10.1 Å². The number of carbonyl (C=O) groups is 1. The molecule has 8 heteroatoms. The number of morpholine rings is 1. The van der Waals surface area contributed by atoms with Crippen molar-refractivity contribution in [2.45, 2.75) is 25.8 Å². The van der Waals surface area contributed by atoms with E-state index < -0.39 is 4.92 Å². The molecule has 0 spiro atoms. The SMILES string of the molecule is CCN1C(=O)C(N2CCOCC2)CCc2c1ccc([N+](=O)[O-])c2OC. The van der Waals surface area contributed by atoms with Crippen molar-refractivity contribution in [1.82, 2.24) is 4.90 Å². The van der Waals surface area contributed by atoms with Crippen molar-refractivity contribution < 1.29 is 19.2 Å². The maximum atomic E-state index is 13.1. The smallest absolute Gasteiger partial charge is 0.311 e. The molecule has 1 fully saturated rings. The zero-order chi connectivity index (χ0) is 18.0. The molecule has 136 valence electrons. The Hall–Kier alpha value is -2.19. The number of nitrogens with zero attached hydrogens (tertiary/aromatic N) is 3. The van der Waals surface area contributed by atoms with E-state index in [9.17, 15) is 14.9 Å². The topological polar surface area (TPSA) is 85.2 Å². The third-order valence-electron chi connectivity index (χ3n) is 4.93. The second kappa shape index (κ2) is 7.37. The summed E-state index contributed by atoms with van der Waals surface area (Å²) >= 11 is 0. The molecule has 3 rings (SSSR count). The normalized spacial score (nSPS) is 21.6. The molecule has 25 heavy (non-hydrogen) atoms. The highest BCUT2D eigenvalue weighted by molar-refractivity contribution is 5.99. The fourth-order valence-electron chi connectivity index (χ4n) is 3.73. The van der Waals surface area contributed by atoms with Crippen molar-refractivity contribution >= 4 is 17.3 Å². The van der Waals surface area contributed by atoms with E-state index in [-0.39, 0.29) is 23.4 Å². The molecule has 2 heterocycles. The van der Waals surface area contributed by atoms with Gasteiger partial charge in [-0.05, 0) is 25.8 Å². The van der Waals surface area contributed by atoms with Gasteiger partial charge >= 0.3 is 5.69 Å². The van der Waals surface area contributed by atoms with E-state index in [1.54, 1.807) is 11.0 Å². The van der Waals surface area contributed by atoms with Crippen LogP contribution >= 0.6 is 0 Å². The molecule has 2 aliphatic heterocycles. The molecule has 0 bridgehead atoms. The molecule has 0 N–H and O–H groups in total. The Balaban J connectivity index is 2.02. The van der Waals surface area contributed by atoms with Crippen LogP contribution in [0.3, 0.4) is 0 Å². The third kappa shape index (κ3) is 3.19. The second-order valence-corrected chi connectivity index (χ2v) is 6.16. The Morgan fingerprint density at radius 2 is 2.08 bits per heavy atom. The highest BCUT2D eigenvalue weighted by Crippen LogP contribution is 2.40. The minimum Gasteiger partial charge on any atom is -0.490 e. The first-order chi connectivity index (χ1) is 12.1. The standard InChI is InChI=1S/C17H23N3O5/c1-3-19-13-6-7-14(20(22)23)16(24-2)12(13)4-5-15(17(19)21)18-8-10-25-11-9-18/h6-7,15H,3-5,8-11H2,1-2H3. The summed E-state index contributed by atoms with van der Waals surface area (Å²) in [5.74, 6) is 0.301. The number of nitro groups is 1. The van der Waals surface area contributed by atoms with Crippen molar-refractivity contribution in [1.29, 1.82) is 0 Å². The predicted molar refractivity (Wildman–Crippen MR) is 92.2 cm³/mol. The summed E-state index contributed by atoms with van der Waals surface area (Å²) in [5.41, 5.74) is 1.39. The van der Waals surface area contributed by atoms with Crippen LogP contribution in [0.25, 0.3) is 0 Å². The molecule has 8 nitrogen and oxygen atoms in total. The van der Waals surface area contributed by atoms with Gasteiger partial charge in [0.05, 0.1) is 37.0 Å². The van der Waals surface area contributed by atoms with Gasteiger partial charge in [-0.25, -0.2) is 0 Å². The number of fused-ring (bicyclic) bond motifs is 1. The van der Waals surface area contributed by atoms with Crippen molar-refractivity contribution in [2.75, 3.05) is 44.9 Å². The minimum absolute atomic E-state index is 0.0408. The number of ether oxygens (including phenoxy) is 2. The number of carbonyl (C=O) groups excluding carboxylic acids is 1. The van der Waals surface area contributed by atoms with E-state index in [1.807, 2.05) is 6.92 Å². The van der Waals surface area contributed by atoms with Crippen molar-refractivity contribution in [3.05, 3.63) is 27.8 Å². The number of nitro benzene ring substituents is 1. The van der Waals surface area contributed by atoms with Crippen molar-refractivity contribution in [3.8, 4) is 5.75 Å². The lowest BCUT2D eigenvalue weighted by Crippen LogP contribution is -2.51. The lowest BCUT2D eigenvalue weighted by molar-refractivity contribution is -0.385. The van der Waals surface area contributed by atoms with Gasteiger partial charge in [-0.15, -0.1) is 0 Å². The maximum Gasteiger partial charge on any atom is 0.311 e. The number of hydrogen-bond donors (Lipinski definition) is 0. The van der Waals surface area contributed by atoms with E-state index in [1.165, 1.54) is 13.2 Å². The molecule has 1 amide bonds. The zero-order valence-electron chi connectivity index (χ0n) is 14.6. The number of rotatable bonds is 4. The fraction of sp³-hybridized carbons (Fsp3) is 0.588. The molecule has 1 saturated heterocycles. The van der Waals surface area contributed by atoms with Gasteiger partial charge < -0.3 is 14.4 Å². The van der Waals surface area contributed by atoms with Gasteiger partial charge in [0.1, 0.15) is 0 Å². The van der Waals surface area contributed by atoms with Crippen molar-refractivity contribution in [2.24, 2.45) is 0 Å². The molecule has 1 unspecified atom stereocenters. The number of hydrogen-bond acceptors (Lipinski definition) is 6. The quantitative estimate of drug-likeness (QED) is 0.606. The van der Waals surface area contributed by atoms with Crippen LogP contribution in [0.1, 0.15) is 18.9 Å². The Morgan fingerprint density at radius 1 is 1.36 bits per heavy atom. The van der Waals surface area contributed by atoms with Gasteiger partial charge in [0.25, 0.3) is 0 Å². The largest absolute Gasteiger partial charge is 0.490 e. The summed E-state index contributed by atoms with van der Waals surface area (Å²) in [5, 5.41) is 11.3. The molecule has 1 atom stereocenters. The molecular formula is C17H23N3O5. The highest BCUT2D eigenvalue weighted by atomic mass is 16.6. The fourth-order valence-corrected chi connectivity index (χ4v) is 3.73. The summed E-state index contributed by atoms with van der Waals surface area (Å²) < 4.78 is 10.7. The second-order valence-electron chi connectivity index (χ2n) is 6.16. The van der Waals surface area contributed by atoms with E-state index in [4.69, 9.17) is 9.47 Å². The molecule has 0 saturated carbocycles. The van der Waals surface area contributed by atoms with E-state index in [0.717, 1.165) is 18.7 Å². The molecule has 2 aliphatic rings. The average Bonchev–Trinajstić information content (AvgIpc) is 2.77. The van der Waals surface area contributed by atoms with Crippen LogP contribution in [0.15, 0.2) is 12.1 Å². The molecule has 1 aromatic rings. The summed E-state index contributed by atoms with van der Waals surface area (Å²) in [4.78, 5) is 27.9. The van der Waals surface area contributed by atoms with Crippen molar-refractivity contribution in [3.63, 3.8) is 0 Å². The average molecular weight is 349 g/mol. The monoisotopic (exact) mass is 349 g/mol. The van der Waals surface area contributed by atoms with Crippen LogP contribution in [-0.4, -0.2) is 61.7 Å². The summed E-state index contributed by atoms with van der Waals surface area (Å²) in [7, 11) is 1.44. The Kier molecular flexibility index (Phi) is 5.19. The van der Waals surface area contributed by atoms with Crippen LogP contribution in [0.4, 0.5) is 11.4 Å². The Bertz CT molecular complexity index is 672. The molecule has 0 radical (unpaired) electrons. The number of methoxy groups -OCH3 is 1. The lowest BCUT2D eigenvalue weighted by Gasteiger charge is -2.35. The van der Waals surface area contributed by atoms with E-state index >= 15 is 0 Å². The summed E-state index contributed by atoms with van der Waals surface area (Å²) in [6.07, 6.45) is 1.17. The maximum absolute atomic E-state index is 13.1. The third-order valence-corrected chi connectivity index (χ3v) is 4.93. The first kappa shape index (κ1) is 17.6. The number of benzene rings is 1. The van der Waals surface area contributed by atoms with Gasteiger partial charge in [0.15, 0.2) is 0 Å². The van der Waals surface area contributed by atoms with Gasteiger partial charge in [-0.3, -0.25) is 19.8 Å². The van der Waals surface area contributed by atoms with Gasteiger partial charge in [0.2, 0.25) is 11.7 Å². The van der Waals surface area contributed by atoms with Crippen LogP contribution in [0.2, 0.25) is 0 Å². The summed E-state index contributed by atoms with van der Waals surface area (Å²) in [6.45, 7) is 5.11. The molecule has 1 aromatic carbocycles. The van der Waals surface area contributed by atoms with Crippen LogP contribution in [0.5, 0.6) is 5.75 Å². The van der Waals surface area contributed by atoms with Crippen LogP contribution < -0.4 is 9.64 Å². The molecular weight excluding hydrogens is 326 g/mol. The van der Waals surface area contributed by atoms with Crippen LogP contribution in [-0.2, 0) is 16.0 Å². The minimum atomic E-state index is -0.443. The van der Waals surface area contributed by atoms with Gasteiger partial charge in [-0.1, -0.05) is 0 Å². The van der Waals surface area contributed by atoms with Gasteiger partial charge in [0, 0.05) is 31.3 Å². The predicted octanol–water partition coefficient (Wildman–Crippen LogP) is 1.60. The highest BCUT2D eigenvalue weighted by Gasteiger charge is 2.36. The summed E-state index contributed by atoms with van der Waals surface area (Å²) in [6, 6.07) is 2.85. The lowest BCUT2D eigenvalue weighted by atomic mass is 10.0. The Labute approximate surface area is 146 Å². The van der Waals surface area contributed by atoms with Gasteiger partial charge in [-0.2, -0.15) is 0 Å². The Morgan fingerprint density at radius 3 is 2.68 bits per heavy atom. The van der Waals surface area contributed by atoms with E-state index in [0.29, 0.717) is 38.3 Å².